The molecule has 0 fully saturated rings. The standard InChI is InChI=1S/C12H13FN4/c13-10-7-16-6-5-8(10)12(17-15)9-3-1-2-4-11(9)14/h1-7,12,17H,14-15H2. The molecule has 5 N–H and O–H groups in total. The third kappa shape index (κ3) is 2.25. The molecule has 17 heavy (non-hydrogen) atoms. The number of nitrogen functional groups attached to an aromatic ring is 1. The number of hydrogen-bond donors (Lipinski definition) is 3. The third-order valence-electron chi connectivity index (χ3n) is 2.59. The lowest BCUT2D eigenvalue weighted by molar-refractivity contribution is 0.556. The maximum absolute atomic E-state index is 13.6. The smallest absolute Gasteiger partial charge is 0.146 e. The molecule has 0 aliphatic rings. The van der Waals surface area contributed by atoms with E-state index in [1.54, 1.807) is 18.2 Å². The van der Waals surface area contributed by atoms with Crippen molar-refractivity contribution >= 4 is 5.69 Å². The highest BCUT2D eigenvalue weighted by atomic mass is 19.1. The number of aromatic nitrogens is 1. The Balaban J connectivity index is 2.48. The van der Waals surface area contributed by atoms with Crippen molar-refractivity contribution in [1.29, 1.82) is 0 Å². The molecule has 1 atom stereocenters. The number of hydrogen-bond acceptors (Lipinski definition) is 4. The zero-order chi connectivity index (χ0) is 12.3. The van der Waals surface area contributed by atoms with Gasteiger partial charge in [0.05, 0.1) is 12.2 Å². The molecule has 4 nitrogen and oxygen atoms in total. The van der Waals surface area contributed by atoms with Crippen molar-refractivity contribution in [1.82, 2.24) is 10.4 Å². The minimum Gasteiger partial charge on any atom is -0.398 e. The fourth-order valence-electron chi connectivity index (χ4n) is 1.74. The Bertz CT molecular complexity index is 470. The highest BCUT2D eigenvalue weighted by molar-refractivity contribution is 5.51. The molecule has 1 aromatic heterocycles. The molecule has 0 aliphatic carbocycles. The Morgan fingerprint density at radius 2 is 1.94 bits per heavy atom. The van der Waals surface area contributed by atoms with Crippen molar-refractivity contribution in [2.45, 2.75) is 6.04 Å². The van der Waals surface area contributed by atoms with Crippen LogP contribution in [0.25, 0.3) is 0 Å². The van der Waals surface area contributed by atoms with Gasteiger partial charge in [-0.05, 0) is 17.7 Å². The molecule has 0 saturated carbocycles. The quantitative estimate of drug-likeness (QED) is 0.424. The lowest BCUT2D eigenvalue weighted by Gasteiger charge is -2.18. The van der Waals surface area contributed by atoms with Crippen LogP contribution in [0.4, 0.5) is 10.1 Å². The Morgan fingerprint density at radius 1 is 1.18 bits per heavy atom. The van der Waals surface area contributed by atoms with Gasteiger partial charge in [0.25, 0.3) is 0 Å². The summed E-state index contributed by atoms with van der Waals surface area (Å²) in [5.74, 6) is 5.06. The maximum Gasteiger partial charge on any atom is 0.146 e. The number of benzene rings is 1. The first-order valence-electron chi connectivity index (χ1n) is 5.14. The van der Waals surface area contributed by atoms with E-state index in [9.17, 15) is 4.39 Å². The summed E-state index contributed by atoms with van der Waals surface area (Å²) in [4.78, 5) is 3.70. The molecule has 1 unspecified atom stereocenters. The van der Waals surface area contributed by atoms with Gasteiger partial charge in [-0.2, -0.15) is 0 Å². The predicted molar refractivity (Wildman–Crippen MR) is 64.2 cm³/mol. The van der Waals surface area contributed by atoms with Crippen LogP contribution in [0.1, 0.15) is 17.2 Å². The molecular weight excluding hydrogens is 219 g/mol. The SMILES string of the molecule is NNC(c1ccccc1N)c1ccncc1F. The van der Waals surface area contributed by atoms with E-state index in [4.69, 9.17) is 11.6 Å². The highest BCUT2D eigenvalue weighted by Gasteiger charge is 2.18. The number of para-hydroxylation sites is 1. The van der Waals surface area contributed by atoms with Crippen LogP contribution >= 0.6 is 0 Å². The van der Waals surface area contributed by atoms with Crippen LogP contribution in [-0.4, -0.2) is 4.98 Å². The number of anilines is 1. The van der Waals surface area contributed by atoms with Crippen molar-refractivity contribution in [2.75, 3.05) is 5.73 Å². The Labute approximate surface area is 98.4 Å². The van der Waals surface area contributed by atoms with Crippen molar-refractivity contribution in [3.05, 3.63) is 59.7 Å². The minimum atomic E-state index is -0.487. The number of rotatable bonds is 3. The van der Waals surface area contributed by atoms with Crippen LogP contribution in [0, 0.1) is 5.82 Å². The van der Waals surface area contributed by atoms with Crippen molar-refractivity contribution in [3.8, 4) is 0 Å². The van der Waals surface area contributed by atoms with Crippen LogP contribution in [-0.2, 0) is 0 Å². The predicted octanol–water partition coefficient (Wildman–Crippen LogP) is 1.36. The largest absolute Gasteiger partial charge is 0.398 e. The van der Waals surface area contributed by atoms with Gasteiger partial charge >= 0.3 is 0 Å². The molecule has 2 aromatic rings. The van der Waals surface area contributed by atoms with Crippen molar-refractivity contribution in [3.63, 3.8) is 0 Å². The van der Waals surface area contributed by atoms with Crippen LogP contribution < -0.4 is 17.0 Å². The zero-order valence-electron chi connectivity index (χ0n) is 9.10. The summed E-state index contributed by atoms with van der Waals surface area (Å²) in [7, 11) is 0. The number of halogens is 1. The van der Waals surface area contributed by atoms with E-state index in [2.05, 4.69) is 10.4 Å². The van der Waals surface area contributed by atoms with E-state index >= 15 is 0 Å². The van der Waals surface area contributed by atoms with Gasteiger partial charge < -0.3 is 5.73 Å². The monoisotopic (exact) mass is 232 g/mol. The highest BCUT2D eigenvalue weighted by Crippen LogP contribution is 2.26. The van der Waals surface area contributed by atoms with Crippen LogP contribution in [0.5, 0.6) is 0 Å². The number of hydrazine groups is 1. The normalized spacial score (nSPS) is 12.4. The average molecular weight is 232 g/mol. The first-order valence-corrected chi connectivity index (χ1v) is 5.14. The Kier molecular flexibility index (Phi) is 3.32. The lowest BCUT2D eigenvalue weighted by atomic mass is 9.98. The van der Waals surface area contributed by atoms with Gasteiger partial charge in [-0.25, -0.2) is 9.82 Å². The van der Waals surface area contributed by atoms with Crippen LogP contribution in [0.3, 0.4) is 0 Å². The molecule has 2 rings (SSSR count). The van der Waals surface area contributed by atoms with Crippen molar-refractivity contribution < 1.29 is 4.39 Å². The molecule has 0 aliphatic heterocycles. The first kappa shape index (κ1) is 11.5. The molecule has 0 amide bonds. The van der Waals surface area contributed by atoms with Gasteiger partial charge in [-0.1, -0.05) is 18.2 Å². The fraction of sp³-hybridized carbons (Fsp3) is 0.0833. The topological polar surface area (TPSA) is 77.0 Å². The molecule has 0 saturated heterocycles. The van der Waals surface area contributed by atoms with E-state index in [0.717, 1.165) is 11.8 Å². The van der Waals surface area contributed by atoms with Gasteiger partial charge in [0.15, 0.2) is 0 Å². The molecule has 1 heterocycles. The van der Waals surface area contributed by atoms with Gasteiger partial charge in [0, 0.05) is 17.4 Å². The van der Waals surface area contributed by atoms with E-state index in [0.29, 0.717) is 11.3 Å². The minimum absolute atomic E-state index is 0.417. The number of nitrogens with zero attached hydrogens (tertiary/aromatic N) is 1. The summed E-state index contributed by atoms with van der Waals surface area (Å²) in [5, 5.41) is 0. The van der Waals surface area contributed by atoms with Gasteiger partial charge in [-0.15, -0.1) is 0 Å². The van der Waals surface area contributed by atoms with Crippen molar-refractivity contribution in [2.24, 2.45) is 5.84 Å². The summed E-state index contributed by atoms with van der Waals surface area (Å²) in [5.41, 5.74) is 10.1. The van der Waals surface area contributed by atoms with Gasteiger partial charge in [0.2, 0.25) is 0 Å². The molecule has 5 heteroatoms. The summed E-state index contributed by atoms with van der Waals surface area (Å²) < 4.78 is 13.6. The second-order valence-corrected chi connectivity index (χ2v) is 3.63. The molecule has 0 radical (unpaired) electrons. The van der Waals surface area contributed by atoms with Gasteiger partial charge in [-0.3, -0.25) is 10.8 Å². The molecule has 0 bridgehead atoms. The Hall–Kier alpha value is -1.98. The lowest BCUT2D eigenvalue weighted by Crippen LogP contribution is -2.30. The number of nitrogens with two attached hydrogens (primary N) is 2. The number of pyridine rings is 1. The average Bonchev–Trinajstić information content (AvgIpc) is 2.34. The summed E-state index contributed by atoms with van der Waals surface area (Å²) in [6.45, 7) is 0. The molecule has 1 aromatic carbocycles. The van der Waals surface area contributed by atoms with E-state index in [1.807, 2.05) is 12.1 Å². The van der Waals surface area contributed by atoms with Crippen LogP contribution in [0.15, 0.2) is 42.7 Å². The van der Waals surface area contributed by atoms with Crippen LogP contribution in [0.2, 0.25) is 0 Å². The summed E-state index contributed by atoms with van der Waals surface area (Å²) in [6.07, 6.45) is 2.67. The van der Waals surface area contributed by atoms with Gasteiger partial charge in [0.1, 0.15) is 5.82 Å². The zero-order valence-corrected chi connectivity index (χ0v) is 9.10. The summed E-state index contributed by atoms with van der Waals surface area (Å²) >= 11 is 0. The third-order valence-corrected chi connectivity index (χ3v) is 2.59. The second-order valence-electron chi connectivity index (χ2n) is 3.63. The van der Waals surface area contributed by atoms with E-state index in [-0.39, 0.29) is 0 Å². The number of nitrogens with one attached hydrogen (secondary N) is 1. The fourth-order valence-corrected chi connectivity index (χ4v) is 1.74. The molecule has 88 valence electrons. The summed E-state index contributed by atoms with van der Waals surface area (Å²) in [6, 6.07) is 8.29. The maximum atomic E-state index is 13.6. The molecular formula is C12H13FN4. The Morgan fingerprint density at radius 3 is 2.59 bits per heavy atom. The molecule has 0 spiro atoms. The van der Waals surface area contributed by atoms with E-state index < -0.39 is 11.9 Å². The first-order chi connectivity index (χ1) is 8.24. The second kappa shape index (κ2) is 4.90. The van der Waals surface area contributed by atoms with E-state index in [1.165, 1.54) is 6.20 Å².